The molecule has 3 amide bonds. The Morgan fingerprint density at radius 3 is 2.49 bits per heavy atom. The zero-order valence-electron chi connectivity index (χ0n) is 19.7. The SMILES string of the molecule is Cc1ccc(N(C(=O)c2snc(C(N)=O)c2N)C(C(=O)NC2CCCCC2)c2cccs2)c(C)c1. The van der Waals surface area contributed by atoms with Crippen LogP contribution in [0, 0.1) is 13.8 Å². The van der Waals surface area contributed by atoms with Gasteiger partial charge < -0.3 is 16.8 Å². The van der Waals surface area contributed by atoms with E-state index in [0.717, 1.165) is 53.2 Å². The Morgan fingerprint density at radius 2 is 1.89 bits per heavy atom. The van der Waals surface area contributed by atoms with E-state index in [-0.39, 0.29) is 28.2 Å². The zero-order chi connectivity index (χ0) is 25.1. The molecule has 2 aromatic heterocycles. The highest BCUT2D eigenvalue weighted by Gasteiger charge is 2.38. The number of rotatable bonds is 7. The van der Waals surface area contributed by atoms with E-state index in [1.54, 1.807) is 0 Å². The minimum absolute atomic E-state index is 0.0696. The van der Waals surface area contributed by atoms with E-state index in [2.05, 4.69) is 9.69 Å². The molecule has 0 spiro atoms. The second kappa shape index (κ2) is 10.6. The molecule has 184 valence electrons. The van der Waals surface area contributed by atoms with E-state index in [9.17, 15) is 14.4 Å². The minimum Gasteiger partial charge on any atom is -0.395 e. The highest BCUT2D eigenvalue weighted by molar-refractivity contribution is 7.10. The first-order valence-corrected chi connectivity index (χ1v) is 13.2. The average molecular weight is 512 g/mol. The number of aromatic nitrogens is 1. The summed E-state index contributed by atoms with van der Waals surface area (Å²) in [4.78, 5) is 41.9. The average Bonchev–Trinajstić information content (AvgIpc) is 3.48. The number of nitrogen functional groups attached to an aromatic ring is 1. The predicted molar refractivity (Wildman–Crippen MR) is 140 cm³/mol. The number of amides is 3. The van der Waals surface area contributed by atoms with Crippen molar-refractivity contribution in [3.63, 3.8) is 0 Å². The molecule has 5 N–H and O–H groups in total. The number of hydrogen-bond acceptors (Lipinski definition) is 7. The molecule has 8 nitrogen and oxygen atoms in total. The number of thiophene rings is 1. The lowest BCUT2D eigenvalue weighted by molar-refractivity contribution is -0.123. The molecule has 0 saturated heterocycles. The topological polar surface area (TPSA) is 131 Å². The molecule has 35 heavy (non-hydrogen) atoms. The quantitative estimate of drug-likeness (QED) is 0.434. The lowest BCUT2D eigenvalue weighted by Crippen LogP contribution is -2.47. The van der Waals surface area contributed by atoms with Gasteiger partial charge in [-0.05, 0) is 61.3 Å². The zero-order valence-corrected chi connectivity index (χ0v) is 21.4. The Kier molecular flexibility index (Phi) is 7.51. The molecular formula is C25H29N5O3S2. The van der Waals surface area contributed by atoms with Crippen LogP contribution < -0.4 is 21.7 Å². The maximum absolute atomic E-state index is 14.1. The van der Waals surface area contributed by atoms with Crippen molar-refractivity contribution in [3.8, 4) is 0 Å². The van der Waals surface area contributed by atoms with Crippen LogP contribution in [0.3, 0.4) is 0 Å². The summed E-state index contributed by atoms with van der Waals surface area (Å²) in [5.41, 5.74) is 13.8. The van der Waals surface area contributed by atoms with Crippen molar-refractivity contribution in [1.29, 1.82) is 0 Å². The molecule has 4 rings (SSSR count). The summed E-state index contributed by atoms with van der Waals surface area (Å²) in [5.74, 6) is -1.55. The number of hydrogen-bond donors (Lipinski definition) is 3. The summed E-state index contributed by atoms with van der Waals surface area (Å²) in [5, 5.41) is 5.07. The van der Waals surface area contributed by atoms with Gasteiger partial charge in [0, 0.05) is 16.6 Å². The molecule has 1 fully saturated rings. The van der Waals surface area contributed by atoms with Crippen LogP contribution in [-0.2, 0) is 4.79 Å². The van der Waals surface area contributed by atoms with Gasteiger partial charge in [0.25, 0.3) is 11.8 Å². The van der Waals surface area contributed by atoms with Gasteiger partial charge >= 0.3 is 0 Å². The Hall–Kier alpha value is -3.24. The van der Waals surface area contributed by atoms with Gasteiger partial charge in [0.1, 0.15) is 4.88 Å². The smallest absolute Gasteiger partial charge is 0.273 e. The lowest BCUT2D eigenvalue weighted by atomic mass is 9.95. The molecule has 3 aromatic rings. The van der Waals surface area contributed by atoms with Crippen molar-refractivity contribution >= 4 is 52.0 Å². The first-order valence-electron chi connectivity index (χ1n) is 11.6. The molecule has 2 heterocycles. The van der Waals surface area contributed by atoms with Gasteiger partial charge in [-0.25, -0.2) is 0 Å². The largest absolute Gasteiger partial charge is 0.395 e. The van der Waals surface area contributed by atoms with Crippen LogP contribution in [0.1, 0.15) is 74.3 Å². The van der Waals surface area contributed by atoms with E-state index in [0.29, 0.717) is 5.69 Å². The number of primary amides is 1. The molecule has 1 aliphatic carbocycles. The third kappa shape index (κ3) is 5.23. The number of benzene rings is 1. The van der Waals surface area contributed by atoms with E-state index >= 15 is 0 Å². The van der Waals surface area contributed by atoms with Gasteiger partial charge in [-0.2, -0.15) is 4.37 Å². The van der Waals surface area contributed by atoms with Gasteiger partial charge in [0.2, 0.25) is 5.91 Å². The van der Waals surface area contributed by atoms with Crippen molar-refractivity contribution in [2.75, 3.05) is 10.6 Å². The third-order valence-corrected chi connectivity index (χ3v) is 8.03. The molecule has 0 aliphatic heterocycles. The van der Waals surface area contributed by atoms with E-state index in [1.165, 1.54) is 22.7 Å². The van der Waals surface area contributed by atoms with Gasteiger partial charge in [-0.3, -0.25) is 19.3 Å². The number of nitrogens with two attached hydrogens (primary N) is 2. The number of anilines is 2. The van der Waals surface area contributed by atoms with Crippen molar-refractivity contribution in [2.45, 2.75) is 58.0 Å². The fourth-order valence-corrected chi connectivity index (χ4v) is 6.08. The summed E-state index contributed by atoms with van der Waals surface area (Å²) in [6.07, 6.45) is 5.15. The molecule has 1 unspecified atom stereocenters. The number of carbonyl (C=O) groups is 3. The van der Waals surface area contributed by atoms with Gasteiger partial charge in [-0.15, -0.1) is 11.3 Å². The molecule has 1 atom stereocenters. The molecule has 1 saturated carbocycles. The summed E-state index contributed by atoms with van der Waals surface area (Å²) in [7, 11) is 0. The van der Waals surface area contributed by atoms with Crippen LogP contribution in [-0.4, -0.2) is 28.1 Å². The Bertz CT molecular complexity index is 1230. The molecule has 1 aromatic carbocycles. The summed E-state index contributed by atoms with van der Waals surface area (Å²) >= 11 is 2.22. The van der Waals surface area contributed by atoms with Crippen LogP contribution >= 0.6 is 22.9 Å². The van der Waals surface area contributed by atoms with Crippen LogP contribution in [0.2, 0.25) is 0 Å². The van der Waals surface area contributed by atoms with Crippen LogP contribution in [0.25, 0.3) is 0 Å². The van der Waals surface area contributed by atoms with Gasteiger partial charge in [0.15, 0.2) is 11.7 Å². The monoisotopic (exact) mass is 511 g/mol. The number of aryl methyl sites for hydroxylation is 2. The van der Waals surface area contributed by atoms with Crippen LogP contribution in [0.5, 0.6) is 0 Å². The van der Waals surface area contributed by atoms with Crippen molar-refractivity contribution in [1.82, 2.24) is 9.69 Å². The molecule has 10 heteroatoms. The minimum atomic E-state index is -0.913. The van der Waals surface area contributed by atoms with Crippen molar-refractivity contribution in [3.05, 3.63) is 62.3 Å². The van der Waals surface area contributed by atoms with Crippen molar-refractivity contribution < 1.29 is 14.4 Å². The molecule has 0 bridgehead atoms. The summed E-state index contributed by atoms with van der Waals surface area (Å²) in [6, 6.07) is 8.57. The van der Waals surface area contributed by atoms with E-state index in [1.807, 2.05) is 49.6 Å². The Labute approximate surface area is 212 Å². The fourth-order valence-electron chi connectivity index (χ4n) is 4.53. The number of carbonyl (C=O) groups excluding carboxylic acids is 3. The highest BCUT2D eigenvalue weighted by atomic mass is 32.1. The maximum Gasteiger partial charge on any atom is 0.273 e. The Balaban J connectivity index is 1.83. The van der Waals surface area contributed by atoms with Crippen LogP contribution in [0.15, 0.2) is 35.7 Å². The second-order valence-electron chi connectivity index (χ2n) is 8.86. The molecular weight excluding hydrogens is 482 g/mol. The highest BCUT2D eigenvalue weighted by Crippen LogP contribution is 2.36. The number of nitrogens with one attached hydrogen (secondary N) is 1. The predicted octanol–water partition coefficient (Wildman–Crippen LogP) is 4.34. The molecule has 1 aliphatic rings. The second-order valence-corrected chi connectivity index (χ2v) is 10.6. The van der Waals surface area contributed by atoms with Crippen molar-refractivity contribution in [2.24, 2.45) is 5.73 Å². The Morgan fingerprint density at radius 1 is 1.14 bits per heavy atom. The lowest BCUT2D eigenvalue weighted by Gasteiger charge is -2.33. The van der Waals surface area contributed by atoms with E-state index in [4.69, 9.17) is 11.5 Å². The van der Waals surface area contributed by atoms with Gasteiger partial charge in [-0.1, -0.05) is 43.0 Å². The fraction of sp³-hybridized carbons (Fsp3) is 0.360. The first kappa shape index (κ1) is 24.9. The number of nitrogens with zero attached hydrogens (tertiary/aromatic N) is 2. The standard InChI is InChI=1S/C25H29N5O3S2/c1-14-10-11-17(15(2)13-14)30(25(33)22-19(26)20(23(27)31)29-35-22)21(18-9-6-12-34-18)24(32)28-16-7-4-3-5-8-16/h6,9-13,16,21H,3-5,7-8,26H2,1-2H3,(H2,27,31)(H,28,32). The summed E-state index contributed by atoms with van der Waals surface area (Å²) in [6.45, 7) is 3.87. The third-order valence-electron chi connectivity index (χ3n) is 6.26. The van der Waals surface area contributed by atoms with E-state index < -0.39 is 17.9 Å². The van der Waals surface area contributed by atoms with Crippen LogP contribution in [0.4, 0.5) is 11.4 Å². The molecule has 0 radical (unpaired) electrons. The first-order chi connectivity index (χ1) is 16.8. The summed E-state index contributed by atoms with van der Waals surface area (Å²) < 4.78 is 4.01. The maximum atomic E-state index is 14.1. The van der Waals surface area contributed by atoms with Gasteiger partial charge in [0.05, 0.1) is 5.69 Å². The normalized spacial score (nSPS) is 14.9.